The summed E-state index contributed by atoms with van der Waals surface area (Å²) in [6.45, 7) is 1.37. The number of amides is 2. The van der Waals surface area contributed by atoms with Gasteiger partial charge in [0, 0.05) is 26.1 Å². The molecule has 3 heterocycles. The second kappa shape index (κ2) is 9.66. The van der Waals surface area contributed by atoms with Gasteiger partial charge in [-0.1, -0.05) is 18.2 Å². The molecule has 0 saturated carbocycles. The number of carbonyl (C=O) groups excluding carboxylic acids is 2. The Morgan fingerprint density at radius 2 is 2.00 bits per heavy atom. The first-order valence-electron chi connectivity index (χ1n) is 10.9. The topological polar surface area (TPSA) is 130 Å². The summed E-state index contributed by atoms with van der Waals surface area (Å²) in [5, 5.41) is 28.4. The van der Waals surface area contributed by atoms with E-state index in [1.165, 1.54) is 17.3 Å². The summed E-state index contributed by atoms with van der Waals surface area (Å²) in [4.78, 5) is 30.6. The fourth-order valence-corrected chi connectivity index (χ4v) is 4.47. The summed E-state index contributed by atoms with van der Waals surface area (Å²) in [5.74, 6) is 0.246. The predicted octanol–water partition coefficient (Wildman–Crippen LogP) is -0.250. The van der Waals surface area contributed by atoms with Crippen molar-refractivity contribution in [3.63, 3.8) is 0 Å². The number of nitrogens with one attached hydrogen (secondary N) is 1. The third kappa shape index (κ3) is 5.25. The first kappa shape index (κ1) is 22.2. The SMILES string of the molecule is O=C1COc2ccccc2C[C@H](O)[C@H](O)CC2(CCN(C(=O)Cn3cncn3)CC2)CN1. The van der Waals surface area contributed by atoms with Crippen molar-refractivity contribution < 1.29 is 24.5 Å². The van der Waals surface area contributed by atoms with Gasteiger partial charge in [-0.3, -0.25) is 9.59 Å². The smallest absolute Gasteiger partial charge is 0.257 e. The number of para-hydroxylation sites is 1. The predicted molar refractivity (Wildman–Crippen MR) is 114 cm³/mol. The zero-order valence-corrected chi connectivity index (χ0v) is 17.9. The van der Waals surface area contributed by atoms with E-state index in [1.807, 2.05) is 12.1 Å². The number of fused-ring (bicyclic) bond motifs is 1. The number of aliphatic hydroxyl groups excluding tert-OH is 2. The number of hydrogen-bond acceptors (Lipinski definition) is 7. The molecule has 1 aromatic heterocycles. The van der Waals surface area contributed by atoms with Crippen LogP contribution in [0.1, 0.15) is 24.8 Å². The molecule has 2 amide bonds. The largest absolute Gasteiger partial charge is 0.483 e. The number of aromatic nitrogens is 3. The van der Waals surface area contributed by atoms with Crippen LogP contribution in [0.2, 0.25) is 0 Å². The second-order valence-electron chi connectivity index (χ2n) is 8.69. The molecule has 2 aromatic rings. The fraction of sp³-hybridized carbons (Fsp3) is 0.545. The summed E-state index contributed by atoms with van der Waals surface area (Å²) in [5.41, 5.74) is 0.328. The Kier molecular flexibility index (Phi) is 6.71. The lowest BCUT2D eigenvalue weighted by Crippen LogP contribution is -2.51. The molecule has 1 saturated heterocycles. The molecule has 0 bridgehead atoms. The Labute approximate surface area is 186 Å². The van der Waals surface area contributed by atoms with Crippen molar-refractivity contribution in [1.82, 2.24) is 25.0 Å². The van der Waals surface area contributed by atoms with E-state index in [0.29, 0.717) is 44.6 Å². The quantitative estimate of drug-likeness (QED) is 0.584. The zero-order valence-electron chi connectivity index (χ0n) is 17.9. The van der Waals surface area contributed by atoms with Crippen LogP contribution in [-0.4, -0.2) is 80.1 Å². The Morgan fingerprint density at radius 1 is 1.22 bits per heavy atom. The molecular formula is C22H29N5O5. The van der Waals surface area contributed by atoms with Crippen LogP contribution in [0.25, 0.3) is 0 Å². The summed E-state index contributed by atoms with van der Waals surface area (Å²) in [6.07, 6.45) is 2.76. The minimum atomic E-state index is -0.961. The normalized spacial score (nSPS) is 23.9. The number of likely N-dealkylation sites (tertiary alicyclic amines) is 1. The molecule has 0 aliphatic carbocycles. The van der Waals surface area contributed by atoms with E-state index < -0.39 is 17.6 Å². The number of piperidine rings is 1. The third-order valence-electron chi connectivity index (χ3n) is 6.45. The lowest BCUT2D eigenvalue weighted by molar-refractivity contribution is -0.135. The van der Waals surface area contributed by atoms with Crippen LogP contribution in [0.3, 0.4) is 0 Å². The average molecular weight is 444 g/mol. The van der Waals surface area contributed by atoms with E-state index in [2.05, 4.69) is 15.4 Å². The number of benzene rings is 1. The summed E-state index contributed by atoms with van der Waals surface area (Å²) < 4.78 is 7.15. The van der Waals surface area contributed by atoms with Crippen LogP contribution in [0, 0.1) is 5.41 Å². The van der Waals surface area contributed by atoms with Gasteiger partial charge in [0.25, 0.3) is 5.91 Å². The lowest BCUT2D eigenvalue weighted by atomic mass is 9.73. The molecule has 0 radical (unpaired) electrons. The number of hydrogen-bond donors (Lipinski definition) is 3. The second-order valence-corrected chi connectivity index (χ2v) is 8.69. The van der Waals surface area contributed by atoms with Gasteiger partial charge in [-0.05, 0) is 36.3 Å². The third-order valence-corrected chi connectivity index (χ3v) is 6.45. The van der Waals surface area contributed by atoms with E-state index >= 15 is 0 Å². The van der Waals surface area contributed by atoms with Crippen molar-refractivity contribution in [2.24, 2.45) is 5.41 Å². The maximum atomic E-state index is 12.6. The first-order valence-corrected chi connectivity index (χ1v) is 10.9. The summed E-state index contributed by atoms with van der Waals surface area (Å²) >= 11 is 0. The van der Waals surface area contributed by atoms with Gasteiger partial charge in [0.1, 0.15) is 24.9 Å². The molecule has 1 fully saturated rings. The number of ether oxygens (including phenoxy) is 1. The fourth-order valence-electron chi connectivity index (χ4n) is 4.47. The summed E-state index contributed by atoms with van der Waals surface area (Å²) in [6, 6.07) is 7.21. The van der Waals surface area contributed by atoms with Crippen molar-refractivity contribution in [3.05, 3.63) is 42.5 Å². The van der Waals surface area contributed by atoms with Crippen LogP contribution < -0.4 is 10.1 Å². The van der Waals surface area contributed by atoms with Gasteiger partial charge in [-0.2, -0.15) is 5.10 Å². The van der Waals surface area contributed by atoms with Crippen LogP contribution in [0.5, 0.6) is 5.75 Å². The standard InChI is InChI=1S/C22H29N5O5/c28-17-9-16-3-1-2-4-19(16)32-12-20(30)24-13-22(10-18(17)29)5-7-26(8-6-22)21(31)11-27-15-23-14-25-27/h1-4,14-15,17-18,28-29H,5-13H2,(H,24,30)/t17-,18+/m0/s1. The van der Waals surface area contributed by atoms with Crippen molar-refractivity contribution >= 4 is 11.8 Å². The van der Waals surface area contributed by atoms with E-state index in [9.17, 15) is 19.8 Å². The van der Waals surface area contributed by atoms with E-state index in [1.54, 1.807) is 17.0 Å². The molecule has 2 aliphatic heterocycles. The van der Waals surface area contributed by atoms with Crippen molar-refractivity contribution in [1.29, 1.82) is 0 Å². The minimum absolute atomic E-state index is 0.0480. The molecule has 2 aliphatic rings. The van der Waals surface area contributed by atoms with Gasteiger partial charge >= 0.3 is 0 Å². The number of rotatable bonds is 2. The van der Waals surface area contributed by atoms with Gasteiger partial charge in [0.05, 0.1) is 12.2 Å². The van der Waals surface area contributed by atoms with Crippen molar-refractivity contribution in [2.75, 3.05) is 26.2 Å². The number of nitrogens with zero attached hydrogens (tertiary/aromatic N) is 4. The molecule has 10 nitrogen and oxygen atoms in total. The molecule has 2 atom stereocenters. The van der Waals surface area contributed by atoms with E-state index in [4.69, 9.17) is 4.74 Å². The van der Waals surface area contributed by atoms with Gasteiger partial charge in [-0.25, -0.2) is 9.67 Å². The number of aliphatic hydroxyl groups is 2. The molecule has 3 N–H and O–H groups in total. The Balaban J connectivity index is 1.44. The molecule has 0 unspecified atom stereocenters. The molecule has 1 aromatic carbocycles. The van der Waals surface area contributed by atoms with Gasteiger partial charge < -0.3 is 25.2 Å². The zero-order chi connectivity index (χ0) is 22.6. The number of carbonyl (C=O) groups is 2. The van der Waals surface area contributed by atoms with Crippen molar-refractivity contribution in [2.45, 2.75) is 44.4 Å². The lowest BCUT2D eigenvalue weighted by Gasteiger charge is -2.43. The maximum absolute atomic E-state index is 12.6. The van der Waals surface area contributed by atoms with Crippen LogP contribution >= 0.6 is 0 Å². The van der Waals surface area contributed by atoms with E-state index in [-0.39, 0.29) is 31.4 Å². The van der Waals surface area contributed by atoms with Crippen LogP contribution in [-0.2, 0) is 22.6 Å². The molecule has 10 heteroatoms. The monoisotopic (exact) mass is 443 g/mol. The van der Waals surface area contributed by atoms with Gasteiger partial charge in [0.15, 0.2) is 6.61 Å². The molecule has 32 heavy (non-hydrogen) atoms. The minimum Gasteiger partial charge on any atom is -0.483 e. The highest BCUT2D eigenvalue weighted by Gasteiger charge is 2.39. The highest BCUT2D eigenvalue weighted by atomic mass is 16.5. The average Bonchev–Trinajstić information content (AvgIpc) is 3.30. The van der Waals surface area contributed by atoms with E-state index in [0.717, 1.165) is 5.56 Å². The van der Waals surface area contributed by atoms with Gasteiger partial charge in [0.2, 0.25) is 5.91 Å². The maximum Gasteiger partial charge on any atom is 0.257 e. The molecule has 1 spiro atoms. The Morgan fingerprint density at radius 3 is 2.75 bits per heavy atom. The Bertz CT molecular complexity index is 927. The molecule has 172 valence electrons. The summed E-state index contributed by atoms with van der Waals surface area (Å²) in [7, 11) is 0. The Hall–Kier alpha value is -2.98. The van der Waals surface area contributed by atoms with Crippen LogP contribution in [0.15, 0.2) is 36.9 Å². The van der Waals surface area contributed by atoms with Gasteiger partial charge in [-0.15, -0.1) is 0 Å². The first-order chi connectivity index (χ1) is 15.4. The highest BCUT2D eigenvalue weighted by molar-refractivity contribution is 5.77. The van der Waals surface area contributed by atoms with Crippen molar-refractivity contribution in [3.8, 4) is 5.75 Å². The molecular weight excluding hydrogens is 414 g/mol. The highest BCUT2D eigenvalue weighted by Crippen LogP contribution is 2.37. The molecule has 4 rings (SSSR count). The van der Waals surface area contributed by atoms with Crippen LogP contribution in [0.4, 0.5) is 0 Å².